The van der Waals surface area contributed by atoms with Crippen molar-refractivity contribution in [2.45, 2.75) is 32.1 Å². The van der Waals surface area contributed by atoms with Crippen molar-refractivity contribution in [2.24, 2.45) is 5.92 Å². The molecule has 1 amide bonds. The molecule has 23 heavy (non-hydrogen) atoms. The number of hydrogen-bond donors (Lipinski definition) is 1. The molecule has 0 aromatic heterocycles. The van der Waals surface area contributed by atoms with Gasteiger partial charge in [0.2, 0.25) is 15.9 Å². The largest absolute Gasteiger partial charge is 0.371 e. The lowest BCUT2D eigenvalue weighted by atomic mass is 9.99. The minimum absolute atomic E-state index is 0.0582. The van der Waals surface area contributed by atoms with Crippen molar-refractivity contribution in [1.82, 2.24) is 9.62 Å². The molecule has 3 atom stereocenters. The zero-order chi connectivity index (χ0) is 16.4. The van der Waals surface area contributed by atoms with E-state index >= 15 is 0 Å². The lowest BCUT2D eigenvalue weighted by Gasteiger charge is -2.31. The maximum absolute atomic E-state index is 12.4. The van der Waals surface area contributed by atoms with Crippen molar-refractivity contribution >= 4 is 15.9 Å². The highest BCUT2D eigenvalue weighted by atomic mass is 32.2. The fourth-order valence-corrected chi connectivity index (χ4v) is 4.36. The van der Waals surface area contributed by atoms with Crippen LogP contribution in [0.1, 0.15) is 18.9 Å². The molecular weight excluding hydrogens is 316 g/mol. The normalized spacial score (nSPS) is 27.8. The number of benzene rings is 1. The van der Waals surface area contributed by atoms with E-state index in [1.54, 1.807) is 6.92 Å². The van der Waals surface area contributed by atoms with Gasteiger partial charge in [0.25, 0.3) is 0 Å². The van der Waals surface area contributed by atoms with Gasteiger partial charge in [0.15, 0.2) is 0 Å². The first-order valence-electron chi connectivity index (χ1n) is 7.94. The average molecular weight is 338 g/mol. The molecule has 0 radical (unpaired) electrons. The Morgan fingerprint density at radius 2 is 2.04 bits per heavy atom. The summed E-state index contributed by atoms with van der Waals surface area (Å²) in [5.74, 6) is -0.255. The number of carbonyl (C=O) groups excluding carboxylic acids is 1. The lowest BCUT2D eigenvalue weighted by molar-refractivity contribution is -0.127. The highest BCUT2D eigenvalue weighted by Crippen LogP contribution is 2.33. The second-order valence-corrected chi connectivity index (χ2v) is 8.32. The predicted molar refractivity (Wildman–Crippen MR) is 86.1 cm³/mol. The topological polar surface area (TPSA) is 75.7 Å². The predicted octanol–water partition coefficient (Wildman–Crippen LogP) is 0.742. The van der Waals surface area contributed by atoms with Gasteiger partial charge in [0.05, 0.1) is 23.9 Å². The van der Waals surface area contributed by atoms with Crippen LogP contribution in [0.15, 0.2) is 30.3 Å². The molecule has 2 fully saturated rings. The summed E-state index contributed by atoms with van der Waals surface area (Å²) in [4.78, 5) is 12.4. The minimum Gasteiger partial charge on any atom is -0.371 e. The number of ether oxygens (including phenoxy) is 1. The summed E-state index contributed by atoms with van der Waals surface area (Å²) in [7, 11) is -3.23. The maximum Gasteiger partial charge on any atom is 0.226 e. The Hall–Kier alpha value is -1.44. The van der Waals surface area contributed by atoms with Gasteiger partial charge in [-0.2, -0.15) is 4.31 Å². The van der Waals surface area contributed by atoms with Gasteiger partial charge in [0.1, 0.15) is 0 Å². The molecule has 3 rings (SSSR count). The van der Waals surface area contributed by atoms with Gasteiger partial charge >= 0.3 is 0 Å². The number of rotatable bonds is 5. The molecule has 1 aromatic rings. The summed E-state index contributed by atoms with van der Waals surface area (Å²) in [5.41, 5.74) is 1.04. The molecular formula is C16H22N2O4S. The first kappa shape index (κ1) is 16.4. The molecule has 0 saturated carbocycles. The third-order valence-electron chi connectivity index (χ3n) is 4.53. The van der Waals surface area contributed by atoms with Crippen LogP contribution in [0.25, 0.3) is 0 Å². The first-order valence-corrected chi connectivity index (χ1v) is 9.55. The van der Waals surface area contributed by atoms with Gasteiger partial charge in [-0.15, -0.1) is 0 Å². The number of carbonyl (C=O) groups is 1. The molecule has 2 saturated heterocycles. The van der Waals surface area contributed by atoms with Crippen LogP contribution in [0.2, 0.25) is 0 Å². The molecule has 2 bridgehead atoms. The third-order valence-corrected chi connectivity index (χ3v) is 6.34. The summed E-state index contributed by atoms with van der Waals surface area (Å²) < 4.78 is 31.3. The van der Waals surface area contributed by atoms with Crippen LogP contribution in [-0.2, 0) is 26.1 Å². The van der Waals surface area contributed by atoms with Gasteiger partial charge in [-0.05, 0) is 18.9 Å². The number of amides is 1. The highest BCUT2D eigenvalue weighted by molar-refractivity contribution is 7.89. The van der Waals surface area contributed by atoms with E-state index in [1.807, 2.05) is 30.3 Å². The molecule has 6 nitrogen and oxygen atoms in total. The molecule has 2 heterocycles. The standard InChI is InChI=1S/C16H22N2O4S/c1-2-23(20,21)18-10-13-8-14(15(11-18)22-13)16(19)17-9-12-6-4-3-5-7-12/h3-7,13-15H,2,8-11H2,1H3,(H,17,19)/t13-,14+,15-/m1/s1. The number of nitrogens with one attached hydrogen (secondary N) is 1. The molecule has 0 spiro atoms. The van der Waals surface area contributed by atoms with Gasteiger partial charge in [-0.1, -0.05) is 30.3 Å². The molecule has 0 aliphatic carbocycles. The van der Waals surface area contributed by atoms with E-state index < -0.39 is 10.0 Å². The Morgan fingerprint density at radius 3 is 2.74 bits per heavy atom. The van der Waals surface area contributed by atoms with Gasteiger partial charge in [0, 0.05) is 19.6 Å². The Kier molecular flexibility index (Phi) is 4.70. The number of morpholine rings is 1. The molecule has 126 valence electrons. The fraction of sp³-hybridized carbons (Fsp3) is 0.562. The van der Waals surface area contributed by atoms with E-state index in [0.29, 0.717) is 19.5 Å². The molecule has 7 heteroatoms. The van der Waals surface area contributed by atoms with E-state index in [1.165, 1.54) is 4.31 Å². The van der Waals surface area contributed by atoms with Crippen LogP contribution in [0, 0.1) is 5.92 Å². The average Bonchev–Trinajstić information content (AvgIpc) is 2.87. The zero-order valence-electron chi connectivity index (χ0n) is 13.1. The minimum atomic E-state index is -3.23. The van der Waals surface area contributed by atoms with E-state index in [9.17, 15) is 13.2 Å². The number of hydrogen-bond acceptors (Lipinski definition) is 4. The van der Waals surface area contributed by atoms with E-state index in [2.05, 4.69) is 5.32 Å². The molecule has 0 unspecified atom stereocenters. The van der Waals surface area contributed by atoms with Crippen LogP contribution in [-0.4, -0.2) is 49.7 Å². The van der Waals surface area contributed by atoms with Gasteiger partial charge in [-0.3, -0.25) is 4.79 Å². The number of sulfonamides is 1. The van der Waals surface area contributed by atoms with Crippen molar-refractivity contribution in [3.63, 3.8) is 0 Å². The van der Waals surface area contributed by atoms with E-state index in [4.69, 9.17) is 4.74 Å². The van der Waals surface area contributed by atoms with Gasteiger partial charge in [-0.25, -0.2) is 8.42 Å². The summed E-state index contributed by atoms with van der Waals surface area (Å²) in [6, 6.07) is 9.71. The van der Waals surface area contributed by atoms with Crippen LogP contribution < -0.4 is 5.32 Å². The Morgan fingerprint density at radius 1 is 1.30 bits per heavy atom. The van der Waals surface area contributed by atoms with E-state index in [-0.39, 0.29) is 36.3 Å². The second kappa shape index (κ2) is 6.59. The number of nitrogens with zero attached hydrogens (tertiary/aromatic N) is 1. The SMILES string of the molecule is CCS(=O)(=O)N1C[C@H]2C[C@H](C(=O)NCc3ccccc3)[C@@H](C1)O2. The Balaban J connectivity index is 1.61. The van der Waals surface area contributed by atoms with Crippen molar-refractivity contribution in [3.05, 3.63) is 35.9 Å². The van der Waals surface area contributed by atoms with Crippen molar-refractivity contribution in [3.8, 4) is 0 Å². The summed E-state index contributed by atoms with van der Waals surface area (Å²) in [6.45, 7) is 2.74. The molecule has 1 aromatic carbocycles. The highest BCUT2D eigenvalue weighted by Gasteiger charge is 2.46. The van der Waals surface area contributed by atoms with Crippen LogP contribution in [0.3, 0.4) is 0 Å². The third kappa shape index (κ3) is 3.57. The summed E-state index contributed by atoms with van der Waals surface area (Å²) in [6.07, 6.45) is 0.0643. The summed E-state index contributed by atoms with van der Waals surface area (Å²) >= 11 is 0. The van der Waals surface area contributed by atoms with Gasteiger partial charge < -0.3 is 10.1 Å². The smallest absolute Gasteiger partial charge is 0.226 e. The molecule has 1 N–H and O–H groups in total. The van der Waals surface area contributed by atoms with Crippen LogP contribution in [0.4, 0.5) is 0 Å². The first-order chi connectivity index (χ1) is 11.0. The Labute approximate surface area is 136 Å². The molecule has 2 aliphatic rings. The monoisotopic (exact) mass is 338 g/mol. The van der Waals surface area contributed by atoms with E-state index in [0.717, 1.165) is 5.56 Å². The fourth-order valence-electron chi connectivity index (χ4n) is 3.22. The lowest BCUT2D eigenvalue weighted by Crippen LogP contribution is -2.48. The van der Waals surface area contributed by atoms with Crippen molar-refractivity contribution in [2.75, 3.05) is 18.8 Å². The number of fused-ring (bicyclic) bond motifs is 2. The quantitative estimate of drug-likeness (QED) is 0.859. The second-order valence-electron chi connectivity index (χ2n) is 6.06. The van der Waals surface area contributed by atoms with Crippen molar-refractivity contribution in [1.29, 1.82) is 0 Å². The Bertz CT molecular complexity index is 662. The van der Waals surface area contributed by atoms with Crippen LogP contribution >= 0.6 is 0 Å². The van der Waals surface area contributed by atoms with Crippen molar-refractivity contribution < 1.29 is 17.9 Å². The maximum atomic E-state index is 12.4. The zero-order valence-corrected chi connectivity index (χ0v) is 14.0. The summed E-state index contributed by atoms with van der Waals surface area (Å²) in [5, 5.41) is 2.93. The molecule has 2 aliphatic heterocycles. The van der Waals surface area contributed by atoms with Crippen LogP contribution in [0.5, 0.6) is 0 Å².